The van der Waals surface area contributed by atoms with Crippen molar-refractivity contribution in [3.05, 3.63) is 35.4 Å². The molecule has 0 amide bonds. The number of aryl methyl sites for hydroxylation is 1. The molecule has 2 aliphatic carbocycles. The molecule has 0 aliphatic heterocycles. The molecule has 0 heterocycles. The first-order valence-electron chi connectivity index (χ1n) is 7.59. The molecule has 2 unspecified atom stereocenters. The minimum Gasteiger partial charge on any atom is -0.327 e. The molecule has 18 heavy (non-hydrogen) atoms. The molecule has 2 aliphatic rings. The lowest BCUT2D eigenvalue weighted by Crippen LogP contribution is -2.37. The van der Waals surface area contributed by atoms with E-state index in [2.05, 4.69) is 31.2 Å². The molecule has 1 nitrogen and oxygen atoms in total. The van der Waals surface area contributed by atoms with E-state index < -0.39 is 0 Å². The van der Waals surface area contributed by atoms with Crippen molar-refractivity contribution in [2.24, 2.45) is 17.6 Å². The summed E-state index contributed by atoms with van der Waals surface area (Å²) in [5.74, 6) is 2.31. The van der Waals surface area contributed by atoms with Crippen LogP contribution in [0.3, 0.4) is 0 Å². The smallest absolute Gasteiger partial charge is 0.0136 e. The first-order valence-corrected chi connectivity index (χ1v) is 7.59. The fraction of sp³-hybridized carbons (Fsp3) is 0.647. The molecular formula is C17H25N. The SMILES string of the molecule is CC1CCC(C(N)C2CCc3ccccc32)CC1. The number of benzene rings is 1. The number of hydrogen-bond donors (Lipinski definition) is 1. The highest BCUT2D eigenvalue weighted by Gasteiger charge is 2.33. The highest BCUT2D eigenvalue weighted by molar-refractivity contribution is 5.36. The van der Waals surface area contributed by atoms with Crippen LogP contribution < -0.4 is 5.73 Å². The minimum atomic E-state index is 0.390. The molecule has 0 bridgehead atoms. The lowest BCUT2D eigenvalue weighted by molar-refractivity contribution is 0.235. The average Bonchev–Trinajstić information content (AvgIpc) is 2.82. The van der Waals surface area contributed by atoms with Gasteiger partial charge in [0.05, 0.1) is 0 Å². The maximum atomic E-state index is 6.61. The van der Waals surface area contributed by atoms with Gasteiger partial charge in [-0.2, -0.15) is 0 Å². The van der Waals surface area contributed by atoms with Crippen molar-refractivity contribution in [1.82, 2.24) is 0 Å². The second-order valence-electron chi connectivity index (χ2n) is 6.44. The summed E-state index contributed by atoms with van der Waals surface area (Å²) in [6, 6.07) is 9.31. The van der Waals surface area contributed by atoms with Gasteiger partial charge in [-0.1, -0.05) is 44.0 Å². The zero-order chi connectivity index (χ0) is 12.5. The van der Waals surface area contributed by atoms with E-state index in [4.69, 9.17) is 5.73 Å². The molecule has 0 spiro atoms. The molecule has 2 atom stereocenters. The van der Waals surface area contributed by atoms with Gasteiger partial charge >= 0.3 is 0 Å². The second kappa shape index (κ2) is 5.05. The summed E-state index contributed by atoms with van der Waals surface area (Å²) in [6.07, 6.45) is 7.96. The minimum absolute atomic E-state index is 0.390. The van der Waals surface area contributed by atoms with Crippen LogP contribution in [0.25, 0.3) is 0 Å². The monoisotopic (exact) mass is 243 g/mol. The number of hydrogen-bond acceptors (Lipinski definition) is 1. The van der Waals surface area contributed by atoms with E-state index in [0.717, 1.165) is 11.8 Å². The number of nitrogens with two attached hydrogens (primary N) is 1. The van der Waals surface area contributed by atoms with Crippen molar-refractivity contribution in [2.75, 3.05) is 0 Å². The van der Waals surface area contributed by atoms with Crippen molar-refractivity contribution in [1.29, 1.82) is 0 Å². The fourth-order valence-corrected chi connectivity index (χ4v) is 3.99. The van der Waals surface area contributed by atoms with E-state index in [1.807, 2.05) is 0 Å². The Kier molecular flexibility index (Phi) is 3.43. The van der Waals surface area contributed by atoms with Crippen LogP contribution in [0.4, 0.5) is 0 Å². The predicted molar refractivity (Wildman–Crippen MR) is 76.6 cm³/mol. The third kappa shape index (κ3) is 2.21. The topological polar surface area (TPSA) is 26.0 Å². The molecule has 1 fully saturated rings. The highest BCUT2D eigenvalue weighted by Crippen LogP contribution is 2.40. The van der Waals surface area contributed by atoms with E-state index in [1.165, 1.54) is 38.5 Å². The van der Waals surface area contributed by atoms with Gasteiger partial charge in [0.15, 0.2) is 0 Å². The highest BCUT2D eigenvalue weighted by atomic mass is 14.7. The van der Waals surface area contributed by atoms with Gasteiger partial charge < -0.3 is 5.73 Å². The molecule has 1 heteroatoms. The summed E-state index contributed by atoms with van der Waals surface area (Å²) in [4.78, 5) is 0. The van der Waals surface area contributed by atoms with Gasteiger partial charge in [-0.25, -0.2) is 0 Å². The van der Waals surface area contributed by atoms with Crippen LogP contribution in [-0.4, -0.2) is 6.04 Å². The van der Waals surface area contributed by atoms with Gasteiger partial charge in [0.1, 0.15) is 0 Å². The molecule has 0 aromatic heterocycles. The van der Waals surface area contributed by atoms with Gasteiger partial charge in [-0.05, 0) is 54.6 Å². The van der Waals surface area contributed by atoms with Crippen molar-refractivity contribution in [3.63, 3.8) is 0 Å². The van der Waals surface area contributed by atoms with E-state index in [1.54, 1.807) is 11.1 Å². The largest absolute Gasteiger partial charge is 0.327 e. The molecule has 0 radical (unpaired) electrons. The molecule has 98 valence electrons. The summed E-state index contributed by atoms with van der Waals surface area (Å²) >= 11 is 0. The van der Waals surface area contributed by atoms with E-state index >= 15 is 0 Å². The Morgan fingerprint density at radius 3 is 2.56 bits per heavy atom. The Morgan fingerprint density at radius 1 is 1.06 bits per heavy atom. The first kappa shape index (κ1) is 12.2. The Morgan fingerprint density at radius 2 is 1.78 bits per heavy atom. The molecule has 2 N–H and O–H groups in total. The third-order valence-electron chi connectivity index (χ3n) is 5.25. The zero-order valence-electron chi connectivity index (χ0n) is 11.4. The lowest BCUT2D eigenvalue weighted by Gasteiger charge is -2.34. The van der Waals surface area contributed by atoms with Gasteiger partial charge in [-0.15, -0.1) is 0 Å². The van der Waals surface area contributed by atoms with Crippen molar-refractivity contribution in [3.8, 4) is 0 Å². The summed E-state index contributed by atoms with van der Waals surface area (Å²) in [6.45, 7) is 2.38. The normalized spacial score (nSPS) is 33.1. The van der Waals surface area contributed by atoms with Crippen molar-refractivity contribution >= 4 is 0 Å². The van der Waals surface area contributed by atoms with E-state index in [9.17, 15) is 0 Å². The van der Waals surface area contributed by atoms with E-state index in [-0.39, 0.29) is 0 Å². The van der Waals surface area contributed by atoms with E-state index in [0.29, 0.717) is 12.0 Å². The standard InChI is InChI=1S/C17H25N/c1-12-6-8-14(9-7-12)17(18)16-11-10-13-4-2-3-5-15(13)16/h2-5,12,14,16-17H,6-11,18H2,1H3. The summed E-state index contributed by atoms with van der Waals surface area (Å²) < 4.78 is 0. The zero-order valence-corrected chi connectivity index (χ0v) is 11.4. The second-order valence-corrected chi connectivity index (χ2v) is 6.44. The quantitative estimate of drug-likeness (QED) is 0.838. The Bertz CT molecular complexity index is 404. The summed E-state index contributed by atoms with van der Waals surface area (Å²) in [5.41, 5.74) is 9.70. The lowest BCUT2D eigenvalue weighted by atomic mass is 9.74. The van der Waals surface area contributed by atoms with Crippen molar-refractivity contribution in [2.45, 2.75) is 57.4 Å². The summed E-state index contributed by atoms with van der Waals surface area (Å²) in [5, 5.41) is 0. The Labute approximate surface area is 111 Å². The third-order valence-corrected chi connectivity index (χ3v) is 5.25. The Balaban J connectivity index is 1.72. The van der Waals surface area contributed by atoms with Gasteiger partial charge in [0, 0.05) is 6.04 Å². The Hall–Kier alpha value is -0.820. The van der Waals surface area contributed by atoms with Crippen LogP contribution in [0, 0.1) is 11.8 Å². The fourth-order valence-electron chi connectivity index (χ4n) is 3.99. The van der Waals surface area contributed by atoms with Gasteiger partial charge in [0.2, 0.25) is 0 Å². The average molecular weight is 243 g/mol. The maximum absolute atomic E-state index is 6.61. The number of rotatable bonds is 2. The van der Waals surface area contributed by atoms with Crippen LogP contribution in [-0.2, 0) is 6.42 Å². The van der Waals surface area contributed by atoms with Gasteiger partial charge in [-0.3, -0.25) is 0 Å². The predicted octanol–water partition coefficient (Wildman–Crippen LogP) is 3.87. The van der Waals surface area contributed by atoms with Crippen LogP contribution in [0.15, 0.2) is 24.3 Å². The van der Waals surface area contributed by atoms with Gasteiger partial charge in [0.25, 0.3) is 0 Å². The number of fused-ring (bicyclic) bond motifs is 1. The van der Waals surface area contributed by atoms with Crippen LogP contribution in [0.5, 0.6) is 0 Å². The molecule has 1 aromatic carbocycles. The van der Waals surface area contributed by atoms with Crippen molar-refractivity contribution < 1.29 is 0 Å². The molecule has 1 aromatic rings. The maximum Gasteiger partial charge on any atom is 0.0136 e. The van der Waals surface area contributed by atoms with Crippen LogP contribution in [0.1, 0.15) is 56.1 Å². The molecule has 3 rings (SSSR count). The summed E-state index contributed by atoms with van der Waals surface area (Å²) in [7, 11) is 0. The first-order chi connectivity index (χ1) is 8.75. The molecular weight excluding hydrogens is 218 g/mol. The van der Waals surface area contributed by atoms with Crippen LogP contribution in [0.2, 0.25) is 0 Å². The van der Waals surface area contributed by atoms with Crippen LogP contribution >= 0.6 is 0 Å². The molecule has 1 saturated carbocycles. The molecule has 0 saturated heterocycles.